The molecule has 0 spiro atoms. The molecular formula is C15H16N2O5. The van der Waals surface area contributed by atoms with Gasteiger partial charge in [-0.05, 0) is 24.5 Å². The summed E-state index contributed by atoms with van der Waals surface area (Å²) in [6.45, 7) is 0. The number of hydrogen-bond acceptors (Lipinski definition) is 4. The fourth-order valence-corrected chi connectivity index (χ4v) is 3.67. The van der Waals surface area contributed by atoms with Crippen molar-refractivity contribution in [1.29, 1.82) is 0 Å². The molecule has 7 heteroatoms. The van der Waals surface area contributed by atoms with Crippen molar-refractivity contribution in [2.75, 3.05) is 0 Å². The van der Waals surface area contributed by atoms with E-state index >= 15 is 0 Å². The van der Waals surface area contributed by atoms with Gasteiger partial charge in [-0.15, -0.1) is 0 Å². The number of carbonyl (C=O) groups is 3. The first-order chi connectivity index (χ1) is 10.4. The van der Waals surface area contributed by atoms with Gasteiger partial charge in [-0.1, -0.05) is 18.2 Å². The Labute approximate surface area is 126 Å². The lowest BCUT2D eigenvalue weighted by Gasteiger charge is -2.25. The predicted molar refractivity (Wildman–Crippen MR) is 75.0 cm³/mol. The first-order valence-corrected chi connectivity index (χ1v) is 6.97. The third-order valence-electron chi connectivity index (χ3n) is 4.73. The summed E-state index contributed by atoms with van der Waals surface area (Å²) in [5.74, 6) is -4.51. The second-order valence-electron chi connectivity index (χ2n) is 5.96. The average Bonchev–Trinajstić information content (AvgIpc) is 3.17. The molecule has 0 aromatic heterocycles. The molecule has 2 saturated carbocycles. The first kappa shape index (κ1) is 14.5. The van der Waals surface area contributed by atoms with Gasteiger partial charge < -0.3 is 21.3 Å². The van der Waals surface area contributed by atoms with Crippen LogP contribution >= 0.6 is 0 Å². The van der Waals surface area contributed by atoms with Crippen LogP contribution in [0.25, 0.3) is 0 Å². The van der Waals surface area contributed by atoms with Crippen LogP contribution in [0.5, 0.6) is 0 Å². The molecule has 5 atom stereocenters. The van der Waals surface area contributed by atoms with Crippen molar-refractivity contribution < 1.29 is 24.6 Å². The van der Waals surface area contributed by atoms with E-state index in [-0.39, 0.29) is 12.3 Å². The quantitative estimate of drug-likeness (QED) is 0.615. The SMILES string of the molecule is N[C@@]1(C(=O)O)C[C@@H](NC(=O)c2ccccc2)[C@H]2[C@H](C(=O)O)[C@H]21. The molecule has 0 heterocycles. The Bertz CT molecular complexity index is 647. The summed E-state index contributed by atoms with van der Waals surface area (Å²) in [5, 5.41) is 21.2. The Kier molecular flexibility index (Phi) is 3.17. The minimum Gasteiger partial charge on any atom is -0.481 e. The maximum atomic E-state index is 12.2. The van der Waals surface area contributed by atoms with E-state index in [1.807, 2.05) is 0 Å². The molecule has 116 valence electrons. The van der Waals surface area contributed by atoms with Crippen molar-refractivity contribution >= 4 is 17.8 Å². The van der Waals surface area contributed by atoms with Crippen molar-refractivity contribution in [2.24, 2.45) is 23.5 Å². The number of amides is 1. The lowest BCUT2D eigenvalue weighted by molar-refractivity contribution is -0.145. The smallest absolute Gasteiger partial charge is 0.324 e. The summed E-state index contributed by atoms with van der Waals surface area (Å²) >= 11 is 0. The van der Waals surface area contributed by atoms with E-state index in [1.54, 1.807) is 30.3 Å². The van der Waals surface area contributed by atoms with Crippen LogP contribution in [0.1, 0.15) is 16.8 Å². The molecule has 2 aliphatic carbocycles. The van der Waals surface area contributed by atoms with E-state index in [9.17, 15) is 24.6 Å². The molecular weight excluding hydrogens is 288 g/mol. The minimum atomic E-state index is -1.59. The van der Waals surface area contributed by atoms with Crippen LogP contribution in [0, 0.1) is 17.8 Å². The molecule has 0 unspecified atom stereocenters. The molecule has 3 rings (SSSR count). The van der Waals surface area contributed by atoms with Gasteiger partial charge in [-0.2, -0.15) is 0 Å². The van der Waals surface area contributed by atoms with Crippen molar-refractivity contribution in [1.82, 2.24) is 5.32 Å². The molecule has 2 fully saturated rings. The number of nitrogens with two attached hydrogens (primary N) is 1. The molecule has 7 nitrogen and oxygen atoms in total. The zero-order valence-electron chi connectivity index (χ0n) is 11.6. The predicted octanol–water partition coefficient (Wildman–Crippen LogP) is -0.0824. The molecule has 0 radical (unpaired) electrons. The van der Waals surface area contributed by atoms with Crippen LogP contribution in [0.15, 0.2) is 30.3 Å². The van der Waals surface area contributed by atoms with Gasteiger partial charge in [-0.25, -0.2) is 0 Å². The third kappa shape index (κ3) is 2.05. The van der Waals surface area contributed by atoms with Gasteiger partial charge in [0.25, 0.3) is 5.91 Å². The third-order valence-corrected chi connectivity index (χ3v) is 4.73. The van der Waals surface area contributed by atoms with Gasteiger partial charge in [0.1, 0.15) is 5.54 Å². The summed E-state index contributed by atoms with van der Waals surface area (Å²) in [5.41, 5.74) is 4.75. The highest BCUT2D eigenvalue weighted by molar-refractivity contribution is 5.95. The number of hydrogen-bond donors (Lipinski definition) is 4. The number of aliphatic carboxylic acids is 2. The number of carbonyl (C=O) groups excluding carboxylic acids is 1. The maximum Gasteiger partial charge on any atom is 0.324 e. The van der Waals surface area contributed by atoms with Crippen LogP contribution in [-0.4, -0.2) is 39.6 Å². The second kappa shape index (κ2) is 4.81. The van der Waals surface area contributed by atoms with Crippen LogP contribution in [0.3, 0.4) is 0 Å². The Balaban J connectivity index is 1.79. The monoisotopic (exact) mass is 304 g/mol. The lowest BCUT2D eigenvalue weighted by Crippen LogP contribution is -2.52. The number of benzene rings is 1. The van der Waals surface area contributed by atoms with Gasteiger partial charge in [0.05, 0.1) is 5.92 Å². The fraction of sp³-hybridized carbons (Fsp3) is 0.400. The summed E-state index contributed by atoms with van der Waals surface area (Å²) < 4.78 is 0. The lowest BCUT2D eigenvalue weighted by atomic mass is 9.90. The minimum absolute atomic E-state index is 0.0417. The van der Waals surface area contributed by atoms with Gasteiger partial charge in [0.2, 0.25) is 0 Å². The van der Waals surface area contributed by atoms with E-state index in [4.69, 9.17) is 5.73 Å². The fourth-order valence-electron chi connectivity index (χ4n) is 3.67. The van der Waals surface area contributed by atoms with Crippen molar-refractivity contribution in [3.05, 3.63) is 35.9 Å². The van der Waals surface area contributed by atoms with E-state index in [0.29, 0.717) is 5.56 Å². The molecule has 0 aliphatic heterocycles. The Morgan fingerprint density at radius 3 is 2.36 bits per heavy atom. The summed E-state index contributed by atoms with van der Waals surface area (Å²) in [7, 11) is 0. The molecule has 22 heavy (non-hydrogen) atoms. The van der Waals surface area contributed by atoms with Gasteiger partial charge in [0, 0.05) is 17.5 Å². The topological polar surface area (TPSA) is 130 Å². The highest BCUT2D eigenvalue weighted by Gasteiger charge is 2.74. The molecule has 2 aliphatic rings. The van der Waals surface area contributed by atoms with Crippen LogP contribution in [0.2, 0.25) is 0 Å². The summed E-state index contributed by atoms with van der Waals surface area (Å²) in [4.78, 5) is 34.8. The standard InChI is InChI=1S/C15H16N2O5/c16-15(14(21)22)6-8(9-10(11(9)15)13(19)20)17-12(18)7-4-2-1-3-5-7/h1-5,8-11H,6,16H2,(H,17,18)(H,19,20)(H,21,22)/t8-,9+,10+,11+,15+/m1/s1. The Morgan fingerprint density at radius 2 is 1.82 bits per heavy atom. The molecule has 5 N–H and O–H groups in total. The zero-order chi connectivity index (χ0) is 16.1. The molecule has 1 amide bonds. The van der Waals surface area contributed by atoms with E-state index < -0.39 is 41.3 Å². The van der Waals surface area contributed by atoms with E-state index in [1.165, 1.54) is 0 Å². The molecule has 0 bridgehead atoms. The van der Waals surface area contributed by atoms with Crippen LogP contribution in [-0.2, 0) is 9.59 Å². The normalized spacial score (nSPS) is 35.5. The largest absolute Gasteiger partial charge is 0.481 e. The number of carboxylic acids is 2. The number of rotatable bonds is 4. The van der Waals surface area contributed by atoms with Crippen molar-refractivity contribution in [2.45, 2.75) is 18.0 Å². The second-order valence-corrected chi connectivity index (χ2v) is 5.96. The summed E-state index contributed by atoms with van der Waals surface area (Å²) in [6, 6.07) is 7.94. The Hall–Kier alpha value is -2.41. The number of fused-ring (bicyclic) bond motifs is 1. The number of carboxylic acid groups (broad SMARTS) is 2. The molecule has 1 aromatic rings. The van der Waals surface area contributed by atoms with Gasteiger partial charge >= 0.3 is 11.9 Å². The maximum absolute atomic E-state index is 12.2. The van der Waals surface area contributed by atoms with Gasteiger partial charge in [0.15, 0.2) is 0 Å². The first-order valence-electron chi connectivity index (χ1n) is 6.97. The van der Waals surface area contributed by atoms with E-state index in [0.717, 1.165) is 0 Å². The highest BCUT2D eigenvalue weighted by Crippen LogP contribution is 2.61. The van der Waals surface area contributed by atoms with E-state index in [2.05, 4.69) is 5.32 Å². The van der Waals surface area contributed by atoms with Crippen LogP contribution < -0.4 is 11.1 Å². The number of nitrogens with one attached hydrogen (secondary N) is 1. The Morgan fingerprint density at radius 1 is 1.18 bits per heavy atom. The van der Waals surface area contributed by atoms with Gasteiger partial charge in [-0.3, -0.25) is 14.4 Å². The van der Waals surface area contributed by atoms with Crippen molar-refractivity contribution in [3.63, 3.8) is 0 Å². The van der Waals surface area contributed by atoms with Crippen molar-refractivity contribution in [3.8, 4) is 0 Å². The molecule has 1 aromatic carbocycles. The highest BCUT2D eigenvalue weighted by atomic mass is 16.4. The zero-order valence-corrected chi connectivity index (χ0v) is 11.6. The van der Waals surface area contributed by atoms with Crippen LogP contribution in [0.4, 0.5) is 0 Å². The molecule has 0 saturated heterocycles. The summed E-state index contributed by atoms with van der Waals surface area (Å²) in [6.07, 6.45) is 0.0417. The average molecular weight is 304 g/mol.